The van der Waals surface area contributed by atoms with E-state index in [1.165, 1.54) is 0 Å². The number of hydrogen-bond acceptors (Lipinski definition) is 4. The van der Waals surface area contributed by atoms with Crippen LogP contribution in [-0.4, -0.2) is 40.3 Å². The third-order valence-corrected chi connectivity index (χ3v) is 6.33. The lowest BCUT2D eigenvalue weighted by molar-refractivity contribution is -0.177. The number of rotatable bonds is 1. The van der Waals surface area contributed by atoms with Crippen LogP contribution in [0.3, 0.4) is 0 Å². The molecular weight excluding hydrogens is 282 g/mol. The van der Waals surface area contributed by atoms with Crippen LogP contribution in [-0.2, 0) is 14.3 Å². The Hall–Kier alpha value is -1.36. The monoisotopic (exact) mass is 305 g/mol. The lowest BCUT2D eigenvalue weighted by atomic mass is 9.61. The van der Waals surface area contributed by atoms with Crippen molar-refractivity contribution in [2.24, 2.45) is 23.7 Å². The molecule has 0 bridgehead atoms. The Balaban J connectivity index is 1.88. The van der Waals surface area contributed by atoms with Crippen molar-refractivity contribution in [1.82, 2.24) is 4.90 Å². The van der Waals surface area contributed by atoms with Gasteiger partial charge in [-0.15, -0.1) is 0 Å². The van der Waals surface area contributed by atoms with Crippen LogP contribution < -0.4 is 0 Å². The van der Waals surface area contributed by atoms with Crippen LogP contribution in [0.4, 0.5) is 0 Å². The second-order valence-electron chi connectivity index (χ2n) is 7.21. The first kappa shape index (κ1) is 14.2. The molecule has 0 aromatic rings. The summed E-state index contributed by atoms with van der Waals surface area (Å²) in [4.78, 5) is 26.2. The second kappa shape index (κ2) is 4.57. The molecule has 0 spiro atoms. The zero-order valence-electron chi connectivity index (χ0n) is 13.1. The molecule has 4 aliphatic rings. The number of fused-ring (bicyclic) bond motifs is 2. The molecule has 0 radical (unpaired) electrons. The Bertz CT molecular complexity index is 571. The first-order valence-electron chi connectivity index (χ1n) is 8.46. The molecule has 2 saturated heterocycles. The second-order valence-corrected chi connectivity index (χ2v) is 7.21. The van der Waals surface area contributed by atoms with Gasteiger partial charge in [-0.1, -0.05) is 20.3 Å². The van der Waals surface area contributed by atoms with Crippen LogP contribution in [0.5, 0.6) is 0 Å². The number of aliphatic hydroxyl groups is 1. The van der Waals surface area contributed by atoms with Gasteiger partial charge in [0, 0.05) is 30.4 Å². The fraction of sp³-hybridized carbons (Fsp3) is 0.765. The Kier molecular flexibility index (Phi) is 2.96. The van der Waals surface area contributed by atoms with Gasteiger partial charge in [-0.3, -0.25) is 9.59 Å². The Morgan fingerprint density at radius 2 is 2.18 bits per heavy atom. The molecule has 1 saturated carbocycles. The van der Waals surface area contributed by atoms with Crippen molar-refractivity contribution in [3.8, 4) is 0 Å². The average molecular weight is 305 g/mol. The minimum absolute atomic E-state index is 0.0305. The van der Waals surface area contributed by atoms with E-state index in [-0.39, 0.29) is 41.7 Å². The molecule has 120 valence electrons. The van der Waals surface area contributed by atoms with E-state index in [9.17, 15) is 14.7 Å². The van der Waals surface area contributed by atoms with Crippen LogP contribution in [0.25, 0.3) is 0 Å². The fourth-order valence-corrected chi connectivity index (χ4v) is 5.32. The van der Waals surface area contributed by atoms with Gasteiger partial charge in [-0.25, -0.2) is 0 Å². The van der Waals surface area contributed by atoms with Crippen molar-refractivity contribution in [2.75, 3.05) is 6.54 Å². The summed E-state index contributed by atoms with van der Waals surface area (Å²) in [5.41, 5.74) is -0.463. The molecule has 3 aliphatic heterocycles. The van der Waals surface area contributed by atoms with Gasteiger partial charge < -0.3 is 14.7 Å². The molecular formula is C17H23NO4. The molecule has 3 heterocycles. The van der Waals surface area contributed by atoms with Crippen molar-refractivity contribution in [3.63, 3.8) is 0 Å². The van der Waals surface area contributed by atoms with Gasteiger partial charge in [0.2, 0.25) is 5.91 Å². The van der Waals surface area contributed by atoms with E-state index in [1.807, 2.05) is 6.92 Å². The molecule has 6 atom stereocenters. The van der Waals surface area contributed by atoms with E-state index >= 15 is 0 Å². The summed E-state index contributed by atoms with van der Waals surface area (Å²) >= 11 is 0. The fourth-order valence-electron chi connectivity index (χ4n) is 5.32. The van der Waals surface area contributed by atoms with Gasteiger partial charge in [0.15, 0.2) is 5.72 Å². The maximum Gasteiger partial charge on any atom is 0.309 e. The van der Waals surface area contributed by atoms with E-state index < -0.39 is 5.72 Å². The minimum atomic E-state index is -1.20. The molecule has 0 aromatic carbocycles. The minimum Gasteiger partial charge on any atom is -0.461 e. The molecule has 0 unspecified atom stereocenters. The predicted octanol–water partition coefficient (Wildman–Crippen LogP) is 1.46. The maximum atomic E-state index is 12.4. The van der Waals surface area contributed by atoms with Crippen molar-refractivity contribution >= 4 is 11.9 Å². The van der Waals surface area contributed by atoms with Crippen LogP contribution >= 0.6 is 0 Å². The Morgan fingerprint density at radius 3 is 2.91 bits per heavy atom. The number of nitrogens with zero attached hydrogens (tertiary/aromatic N) is 1. The van der Waals surface area contributed by atoms with Gasteiger partial charge in [-0.2, -0.15) is 0 Å². The van der Waals surface area contributed by atoms with E-state index in [2.05, 4.69) is 6.92 Å². The number of esters is 1. The lowest BCUT2D eigenvalue weighted by Gasteiger charge is -2.51. The molecule has 5 heteroatoms. The quantitative estimate of drug-likeness (QED) is 0.745. The zero-order valence-corrected chi connectivity index (χ0v) is 13.1. The first-order valence-corrected chi connectivity index (χ1v) is 8.46. The highest BCUT2D eigenvalue weighted by molar-refractivity contribution is 5.93. The summed E-state index contributed by atoms with van der Waals surface area (Å²) in [6, 6.07) is 0. The van der Waals surface area contributed by atoms with Crippen LogP contribution in [0.15, 0.2) is 11.6 Å². The van der Waals surface area contributed by atoms with E-state index in [4.69, 9.17) is 4.74 Å². The molecule has 22 heavy (non-hydrogen) atoms. The van der Waals surface area contributed by atoms with Crippen LogP contribution in [0.2, 0.25) is 0 Å². The smallest absolute Gasteiger partial charge is 0.309 e. The van der Waals surface area contributed by atoms with Crippen molar-refractivity contribution < 1.29 is 19.4 Å². The summed E-state index contributed by atoms with van der Waals surface area (Å²) < 4.78 is 5.68. The van der Waals surface area contributed by atoms with Gasteiger partial charge in [-0.05, 0) is 24.8 Å². The van der Waals surface area contributed by atoms with Gasteiger partial charge >= 0.3 is 5.97 Å². The molecule has 0 aromatic heterocycles. The standard InChI is InChI=1S/C17H23NO4/c1-3-10-11-6-4-5-7-18-13(19)8-12(17(11,18)21)14-9(2)16(20)22-15(10)14/h8-11,14-15,21H,3-7H2,1-2H3/t9-,10+,11+,14+,15-,17-/m1/s1. The van der Waals surface area contributed by atoms with Crippen molar-refractivity contribution in [1.29, 1.82) is 0 Å². The molecule has 4 rings (SSSR count). The van der Waals surface area contributed by atoms with Gasteiger partial charge in [0.25, 0.3) is 0 Å². The molecule has 1 N–H and O–H groups in total. The molecule has 5 nitrogen and oxygen atoms in total. The van der Waals surface area contributed by atoms with Crippen LogP contribution in [0, 0.1) is 23.7 Å². The third-order valence-electron chi connectivity index (χ3n) is 6.33. The summed E-state index contributed by atoms with van der Waals surface area (Å²) in [7, 11) is 0. The SMILES string of the molecule is CC[C@@H]1[C@H]2OC(=O)[C@H](C)[C@H]2C2=CC(=O)N3CCCC[C@@H]1[C@@]23O. The predicted molar refractivity (Wildman–Crippen MR) is 78.4 cm³/mol. The molecule has 3 fully saturated rings. The normalized spacial score (nSPS) is 46.8. The van der Waals surface area contributed by atoms with Crippen LogP contribution in [0.1, 0.15) is 39.5 Å². The highest BCUT2D eigenvalue weighted by Crippen LogP contribution is 2.57. The van der Waals surface area contributed by atoms with Gasteiger partial charge in [0.1, 0.15) is 6.10 Å². The number of amides is 1. The molecule has 1 aliphatic carbocycles. The van der Waals surface area contributed by atoms with Gasteiger partial charge in [0.05, 0.1) is 5.92 Å². The zero-order chi connectivity index (χ0) is 15.6. The topological polar surface area (TPSA) is 66.8 Å². The van der Waals surface area contributed by atoms with E-state index in [1.54, 1.807) is 11.0 Å². The maximum absolute atomic E-state index is 12.4. The number of carbonyl (C=O) groups excluding carboxylic acids is 2. The number of ether oxygens (including phenoxy) is 1. The highest BCUT2D eigenvalue weighted by atomic mass is 16.6. The van der Waals surface area contributed by atoms with E-state index in [0.717, 1.165) is 31.3 Å². The Labute approximate surface area is 130 Å². The summed E-state index contributed by atoms with van der Waals surface area (Å²) in [5.74, 6) is -0.659. The first-order chi connectivity index (χ1) is 10.5. The number of hydrogen-bond donors (Lipinski definition) is 1. The summed E-state index contributed by atoms with van der Waals surface area (Å²) in [6.07, 6.45) is 5.05. The lowest BCUT2D eigenvalue weighted by Crippen LogP contribution is -2.61. The summed E-state index contributed by atoms with van der Waals surface area (Å²) in [6.45, 7) is 4.54. The third kappa shape index (κ3) is 1.53. The largest absolute Gasteiger partial charge is 0.461 e. The molecule has 1 amide bonds. The van der Waals surface area contributed by atoms with Crippen molar-refractivity contribution in [2.45, 2.75) is 51.4 Å². The van der Waals surface area contributed by atoms with Crippen molar-refractivity contribution in [3.05, 3.63) is 11.6 Å². The number of carbonyl (C=O) groups is 2. The Morgan fingerprint density at radius 1 is 1.41 bits per heavy atom. The van der Waals surface area contributed by atoms with E-state index in [0.29, 0.717) is 6.54 Å². The summed E-state index contributed by atoms with van der Waals surface area (Å²) in [5, 5.41) is 11.6. The average Bonchev–Trinajstić information content (AvgIpc) is 2.82. The highest BCUT2D eigenvalue weighted by Gasteiger charge is 2.65.